The van der Waals surface area contributed by atoms with Crippen LogP contribution >= 0.6 is 0 Å². The van der Waals surface area contributed by atoms with E-state index >= 15 is 0 Å². The van der Waals surface area contributed by atoms with Crippen LogP contribution in [0.2, 0.25) is 0 Å². The molecule has 5 nitrogen and oxygen atoms in total. The lowest BCUT2D eigenvalue weighted by Gasteiger charge is -2.44. The van der Waals surface area contributed by atoms with Gasteiger partial charge in [-0.1, -0.05) is 0 Å². The molecule has 2 aromatic heterocycles. The molecule has 0 bridgehead atoms. The van der Waals surface area contributed by atoms with Gasteiger partial charge >= 0.3 is 0 Å². The lowest BCUT2D eigenvalue weighted by Crippen LogP contribution is -2.47. The smallest absolute Gasteiger partial charge is 0.255 e. The monoisotopic (exact) mass is 324 g/mol. The standard InChI is InChI=1S/C19H24N4O/c24-18(16-3-4-17(21-15-16)22-11-1-2-12-22)23-13-7-19(8-14-23)5-9-20-10-6-19/h1-4,11-12,15,20H,5-10,13-14H2. The first-order valence-corrected chi connectivity index (χ1v) is 8.85. The maximum atomic E-state index is 12.7. The van der Waals surface area contributed by atoms with Crippen molar-refractivity contribution in [2.45, 2.75) is 25.7 Å². The largest absolute Gasteiger partial charge is 0.339 e. The number of hydrogen-bond donors (Lipinski definition) is 1. The zero-order chi connectivity index (χ0) is 16.4. The van der Waals surface area contributed by atoms with E-state index in [1.54, 1.807) is 6.20 Å². The third kappa shape index (κ3) is 2.96. The molecule has 0 atom stereocenters. The fourth-order valence-electron chi connectivity index (χ4n) is 3.98. The van der Waals surface area contributed by atoms with Crippen molar-refractivity contribution in [3.63, 3.8) is 0 Å². The number of piperidine rings is 2. The fourth-order valence-corrected chi connectivity index (χ4v) is 3.98. The zero-order valence-corrected chi connectivity index (χ0v) is 13.9. The Morgan fingerprint density at radius 1 is 1.04 bits per heavy atom. The minimum absolute atomic E-state index is 0.116. The minimum atomic E-state index is 0.116. The van der Waals surface area contributed by atoms with Crippen LogP contribution in [0.1, 0.15) is 36.0 Å². The summed E-state index contributed by atoms with van der Waals surface area (Å²) < 4.78 is 1.94. The number of nitrogens with one attached hydrogen (secondary N) is 1. The summed E-state index contributed by atoms with van der Waals surface area (Å²) in [5, 5.41) is 3.44. The van der Waals surface area contributed by atoms with Gasteiger partial charge < -0.3 is 14.8 Å². The molecule has 0 unspecified atom stereocenters. The van der Waals surface area contributed by atoms with Crippen LogP contribution < -0.4 is 5.32 Å². The van der Waals surface area contributed by atoms with Crippen LogP contribution in [0.3, 0.4) is 0 Å². The molecule has 0 aliphatic carbocycles. The molecule has 126 valence electrons. The number of amides is 1. The van der Waals surface area contributed by atoms with Gasteiger partial charge in [0.15, 0.2) is 0 Å². The molecule has 0 saturated carbocycles. The molecule has 2 aromatic rings. The fraction of sp³-hybridized carbons (Fsp3) is 0.474. The summed E-state index contributed by atoms with van der Waals surface area (Å²) in [6.45, 7) is 3.99. The zero-order valence-electron chi connectivity index (χ0n) is 13.9. The van der Waals surface area contributed by atoms with Crippen LogP contribution in [-0.4, -0.2) is 46.5 Å². The van der Waals surface area contributed by atoms with E-state index in [9.17, 15) is 4.79 Å². The maximum Gasteiger partial charge on any atom is 0.255 e. The summed E-state index contributed by atoms with van der Waals surface area (Å²) in [5.74, 6) is 0.953. The summed E-state index contributed by atoms with van der Waals surface area (Å²) in [5.41, 5.74) is 1.16. The molecule has 2 aliphatic heterocycles. The van der Waals surface area contributed by atoms with E-state index in [1.807, 2.05) is 46.1 Å². The predicted octanol–water partition coefficient (Wildman–Crippen LogP) is 2.48. The second-order valence-electron chi connectivity index (χ2n) is 7.04. The van der Waals surface area contributed by atoms with E-state index in [4.69, 9.17) is 0 Å². The molecule has 24 heavy (non-hydrogen) atoms. The van der Waals surface area contributed by atoms with Crippen LogP contribution in [-0.2, 0) is 0 Å². The van der Waals surface area contributed by atoms with Crippen LogP contribution in [0.4, 0.5) is 0 Å². The number of nitrogens with zero attached hydrogens (tertiary/aromatic N) is 3. The average Bonchev–Trinajstić information content (AvgIpc) is 3.17. The summed E-state index contributed by atoms with van der Waals surface area (Å²) in [6.07, 6.45) is 10.4. The molecule has 2 fully saturated rings. The van der Waals surface area contributed by atoms with Gasteiger partial charge in [0.2, 0.25) is 0 Å². The quantitative estimate of drug-likeness (QED) is 0.923. The average molecular weight is 324 g/mol. The van der Waals surface area contributed by atoms with Gasteiger partial charge in [-0.05, 0) is 68.5 Å². The van der Waals surface area contributed by atoms with E-state index in [2.05, 4.69) is 10.3 Å². The van der Waals surface area contributed by atoms with Gasteiger partial charge in [0.25, 0.3) is 5.91 Å². The molecule has 0 aromatic carbocycles. The molecule has 2 saturated heterocycles. The van der Waals surface area contributed by atoms with Gasteiger partial charge in [-0.15, -0.1) is 0 Å². The Morgan fingerprint density at radius 2 is 1.75 bits per heavy atom. The maximum absolute atomic E-state index is 12.7. The molecule has 4 rings (SSSR count). The molecule has 0 radical (unpaired) electrons. The third-order valence-electron chi connectivity index (χ3n) is 5.64. The first-order chi connectivity index (χ1) is 11.8. The third-order valence-corrected chi connectivity index (χ3v) is 5.64. The Labute approximate surface area is 142 Å². The number of aromatic nitrogens is 2. The number of rotatable bonds is 2. The molecule has 4 heterocycles. The molecule has 1 amide bonds. The van der Waals surface area contributed by atoms with Crippen LogP contribution in [0.25, 0.3) is 5.82 Å². The van der Waals surface area contributed by atoms with Gasteiger partial charge in [0.05, 0.1) is 5.56 Å². The number of carbonyl (C=O) groups excluding carboxylic acids is 1. The summed E-state index contributed by atoms with van der Waals surface area (Å²) in [7, 11) is 0. The van der Waals surface area contributed by atoms with Crippen molar-refractivity contribution in [1.82, 2.24) is 19.8 Å². The second-order valence-corrected chi connectivity index (χ2v) is 7.04. The lowest BCUT2D eigenvalue weighted by atomic mass is 9.71. The van der Waals surface area contributed by atoms with Crippen LogP contribution in [0.5, 0.6) is 0 Å². The second kappa shape index (κ2) is 6.40. The summed E-state index contributed by atoms with van der Waals surface area (Å²) in [6, 6.07) is 7.72. The highest BCUT2D eigenvalue weighted by Gasteiger charge is 2.36. The highest BCUT2D eigenvalue weighted by molar-refractivity contribution is 5.94. The van der Waals surface area contributed by atoms with Gasteiger partial charge in [-0.3, -0.25) is 4.79 Å². The van der Waals surface area contributed by atoms with Crippen molar-refractivity contribution in [3.8, 4) is 5.82 Å². The molecule has 1 N–H and O–H groups in total. The predicted molar refractivity (Wildman–Crippen MR) is 93.2 cm³/mol. The number of pyridine rings is 1. The van der Waals surface area contributed by atoms with Gasteiger partial charge in [-0.2, -0.15) is 0 Å². The van der Waals surface area contributed by atoms with Crippen molar-refractivity contribution in [2.24, 2.45) is 5.41 Å². The van der Waals surface area contributed by atoms with Crippen molar-refractivity contribution in [2.75, 3.05) is 26.2 Å². The lowest BCUT2D eigenvalue weighted by molar-refractivity contribution is 0.0495. The van der Waals surface area contributed by atoms with Crippen molar-refractivity contribution >= 4 is 5.91 Å². The van der Waals surface area contributed by atoms with E-state index in [-0.39, 0.29) is 5.91 Å². The van der Waals surface area contributed by atoms with Crippen molar-refractivity contribution in [3.05, 3.63) is 48.4 Å². The van der Waals surface area contributed by atoms with E-state index < -0.39 is 0 Å². The minimum Gasteiger partial charge on any atom is -0.339 e. The summed E-state index contributed by atoms with van der Waals surface area (Å²) >= 11 is 0. The Kier molecular flexibility index (Phi) is 4.10. The topological polar surface area (TPSA) is 50.2 Å². The first kappa shape index (κ1) is 15.4. The van der Waals surface area contributed by atoms with Crippen LogP contribution in [0, 0.1) is 5.41 Å². The Morgan fingerprint density at radius 3 is 2.38 bits per heavy atom. The van der Waals surface area contributed by atoms with E-state index in [0.717, 1.165) is 44.8 Å². The van der Waals surface area contributed by atoms with E-state index in [0.29, 0.717) is 11.0 Å². The Hall–Kier alpha value is -2.14. The van der Waals surface area contributed by atoms with Gasteiger partial charge in [-0.25, -0.2) is 4.98 Å². The van der Waals surface area contributed by atoms with E-state index in [1.165, 1.54) is 12.8 Å². The van der Waals surface area contributed by atoms with Gasteiger partial charge in [0, 0.05) is 31.7 Å². The SMILES string of the molecule is O=C(c1ccc(-n2cccc2)nc1)N1CCC2(CCNCC2)CC1. The highest BCUT2D eigenvalue weighted by Crippen LogP contribution is 2.39. The Bertz CT molecular complexity index is 677. The normalized spacial score (nSPS) is 20.2. The van der Waals surface area contributed by atoms with Gasteiger partial charge in [0.1, 0.15) is 5.82 Å². The number of likely N-dealkylation sites (tertiary alicyclic amines) is 1. The molecule has 2 aliphatic rings. The molecule has 5 heteroatoms. The van der Waals surface area contributed by atoms with Crippen LogP contribution in [0.15, 0.2) is 42.9 Å². The van der Waals surface area contributed by atoms with Crippen molar-refractivity contribution in [1.29, 1.82) is 0 Å². The Balaban J connectivity index is 1.41. The highest BCUT2D eigenvalue weighted by atomic mass is 16.2. The first-order valence-electron chi connectivity index (χ1n) is 8.85. The molecule has 1 spiro atoms. The summed E-state index contributed by atoms with van der Waals surface area (Å²) in [4.78, 5) is 19.2. The molecular formula is C19H24N4O. The molecular weight excluding hydrogens is 300 g/mol. The number of carbonyl (C=O) groups is 1. The number of hydrogen-bond acceptors (Lipinski definition) is 3. The van der Waals surface area contributed by atoms with Crippen molar-refractivity contribution < 1.29 is 4.79 Å².